The molecule has 2 saturated heterocycles. The number of rotatable bonds is 2. The number of piperidine rings is 1. The van der Waals surface area contributed by atoms with E-state index in [0.717, 1.165) is 29.9 Å². The van der Waals surface area contributed by atoms with Crippen molar-refractivity contribution in [1.82, 2.24) is 10.2 Å². The van der Waals surface area contributed by atoms with Gasteiger partial charge in [-0.1, -0.05) is 0 Å². The average molecular weight is 269 g/mol. The highest BCUT2D eigenvalue weighted by atomic mass is 16.3. The number of benzene rings is 1. The van der Waals surface area contributed by atoms with Gasteiger partial charge < -0.3 is 14.6 Å². The highest BCUT2D eigenvalue weighted by molar-refractivity contribution is 5.97. The summed E-state index contributed by atoms with van der Waals surface area (Å²) >= 11 is 0. The second kappa shape index (κ2) is 4.63. The van der Waals surface area contributed by atoms with Gasteiger partial charge >= 0.3 is 0 Å². The molecule has 1 aromatic heterocycles. The molecule has 2 aliphatic heterocycles. The number of hydrogen-bond acceptors (Lipinski definition) is 3. The van der Waals surface area contributed by atoms with Gasteiger partial charge in [0.1, 0.15) is 5.58 Å². The van der Waals surface area contributed by atoms with Gasteiger partial charge in [-0.2, -0.15) is 0 Å². The summed E-state index contributed by atoms with van der Waals surface area (Å²) in [5, 5.41) is 4.16. The molecule has 3 heterocycles. The lowest BCUT2D eigenvalue weighted by molar-refractivity contribution is 0.0909. The van der Waals surface area contributed by atoms with E-state index in [0.29, 0.717) is 11.6 Å². The van der Waals surface area contributed by atoms with Crippen LogP contribution >= 0.6 is 0 Å². The summed E-state index contributed by atoms with van der Waals surface area (Å²) in [6.45, 7) is 3.40. The molecule has 2 aliphatic rings. The van der Waals surface area contributed by atoms with E-state index in [1.165, 1.54) is 19.5 Å². The standard InChI is InChI=1S/C16H18N2O2/c19-16(13-1-2-15-12(8-13)4-6-20-15)17-14-7-11-3-5-18(9-11)10-14/h1-2,4,6,8,11,14H,3,5,7,9-10H2,(H,17,19)/t11-,14-/m1/s1/i16-1. The number of carbonyl (C=O) groups is 1. The van der Waals surface area contributed by atoms with Gasteiger partial charge in [0.15, 0.2) is 0 Å². The highest BCUT2D eigenvalue weighted by Gasteiger charge is 2.32. The molecule has 4 nitrogen and oxygen atoms in total. The molecule has 1 N–H and O–H groups in total. The maximum Gasteiger partial charge on any atom is 0.251 e. The first-order valence-corrected chi connectivity index (χ1v) is 7.28. The van der Waals surface area contributed by atoms with Crippen LogP contribution in [0.5, 0.6) is 0 Å². The maximum absolute atomic E-state index is 12.4. The van der Waals surface area contributed by atoms with Crippen LogP contribution in [0.3, 0.4) is 0 Å². The van der Waals surface area contributed by atoms with Crippen LogP contribution in [0.25, 0.3) is 11.0 Å². The first-order chi connectivity index (χ1) is 9.78. The second-order valence-electron chi connectivity index (χ2n) is 5.99. The minimum atomic E-state index is 0.0283. The summed E-state index contributed by atoms with van der Waals surface area (Å²) in [6, 6.07) is 7.77. The number of fused-ring (bicyclic) bond motifs is 3. The fraction of sp³-hybridized carbons (Fsp3) is 0.438. The van der Waals surface area contributed by atoms with Crippen LogP contribution in [0.1, 0.15) is 23.2 Å². The van der Waals surface area contributed by atoms with Gasteiger partial charge in [-0.25, -0.2) is 0 Å². The van der Waals surface area contributed by atoms with Crippen molar-refractivity contribution in [3.63, 3.8) is 0 Å². The van der Waals surface area contributed by atoms with Gasteiger partial charge in [0, 0.05) is 30.1 Å². The number of furan rings is 1. The first kappa shape index (κ1) is 12.0. The Balaban J connectivity index is 1.49. The molecule has 2 aromatic rings. The van der Waals surface area contributed by atoms with Crippen LogP contribution in [0.2, 0.25) is 0 Å². The quantitative estimate of drug-likeness (QED) is 0.909. The van der Waals surface area contributed by atoms with Gasteiger partial charge in [-0.3, -0.25) is 4.79 Å². The Bertz CT molecular complexity index is 637. The fourth-order valence-corrected chi connectivity index (χ4v) is 3.54. The predicted octanol–water partition coefficient (Wildman–Crippen LogP) is 2.26. The molecule has 2 bridgehead atoms. The van der Waals surface area contributed by atoms with Crippen molar-refractivity contribution >= 4 is 16.9 Å². The second-order valence-corrected chi connectivity index (χ2v) is 5.99. The molecule has 0 saturated carbocycles. The summed E-state index contributed by atoms with van der Waals surface area (Å²) in [4.78, 5) is 14.8. The van der Waals surface area contributed by atoms with E-state index in [1.807, 2.05) is 24.3 Å². The van der Waals surface area contributed by atoms with Gasteiger partial charge in [0.2, 0.25) is 0 Å². The zero-order valence-corrected chi connectivity index (χ0v) is 11.3. The topological polar surface area (TPSA) is 45.5 Å². The van der Waals surface area contributed by atoms with E-state index in [9.17, 15) is 4.79 Å². The van der Waals surface area contributed by atoms with Gasteiger partial charge in [0.25, 0.3) is 5.91 Å². The van der Waals surface area contributed by atoms with Crippen LogP contribution < -0.4 is 5.32 Å². The molecule has 1 amide bonds. The highest BCUT2D eigenvalue weighted by Crippen LogP contribution is 2.27. The van der Waals surface area contributed by atoms with Gasteiger partial charge in [0.05, 0.1) is 6.26 Å². The molecule has 2 fully saturated rings. The normalized spacial score (nSPS) is 28.7. The average Bonchev–Trinajstić information content (AvgIpc) is 3.04. The van der Waals surface area contributed by atoms with Crippen LogP contribution in [0.4, 0.5) is 0 Å². The van der Waals surface area contributed by atoms with Crippen molar-refractivity contribution in [3.05, 3.63) is 36.1 Å². The largest absolute Gasteiger partial charge is 0.464 e. The minimum absolute atomic E-state index is 0.0283. The minimum Gasteiger partial charge on any atom is -0.464 e. The Morgan fingerprint density at radius 3 is 3.15 bits per heavy atom. The lowest BCUT2D eigenvalue weighted by Gasteiger charge is -2.30. The van der Waals surface area contributed by atoms with Crippen LogP contribution in [0.15, 0.2) is 34.9 Å². The lowest BCUT2D eigenvalue weighted by atomic mass is 9.85. The van der Waals surface area contributed by atoms with E-state index in [4.69, 9.17) is 4.42 Å². The SMILES string of the molecule is O=[11C](N[C@@H]1C[C@H]2CCN(C2)C1)c1ccc2occc2c1. The van der Waals surface area contributed by atoms with E-state index in [1.54, 1.807) is 6.26 Å². The molecule has 4 heteroatoms. The fourth-order valence-electron chi connectivity index (χ4n) is 3.54. The summed E-state index contributed by atoms with van der Waals surface area (Å²) in [5.41, 5.74) is 1.54. The summed E-state index contributed by atoms with van der Waals surface area (Å²) in [6.07, 6.45) is 4.06. The summed E-state index contributed by atoms with van der Waals surface area (Å²) in [5.74, 6) is 0.797. The molecule has 1 unspecified atom stereocenters. The number of hydrogen-bond donors (Lipinski definition) is 1. The molecular weight excluding hydrogens is 251 g/mol. The molecule has 0 radical (unpaired) electrons. The van der Waals surface area contributed by atoms with E-state index in [2.05, 4.69) is 10.2 Å². The maximum atomic E-state index is 12.4. The Morgan fingerprint density at radius 1 is 1.30 bits per heavy atom. The molecule has 20 heavy (non-hydrogen) atoms. The number of carbonyl (C=O) groups excluding carboxylic acids is 1. The Hall–Kier alpha value is -1.81. The molecule has 0 spiro atoms. The molecule has 3 atom stereocenters. The predicted molar refractivity (Wildman–Crippen MR) is 76.6 cm³/mol. The van der Waals surface area contributed by atoms with Crippen molar-refractivity contribution in [2.24, 2.45) is 5.92 Å². The van der Waals surface area contributed by atoms with Crippen molar-refractivity contribution in [2.75, 3.05) is 19.6 Å². The molecule has 104 valence electrons. The number of nitrogens with zero attached hydrogens (tertiary/aromatic N) is 1. The van der Waals surface area contributed by atoms with Crippen LogP contribution in [-0.2, 0) is 0 Å². The monoisotopic (exact) mass is 269 g/mol. The zero-order valence-electron chi connectivity index (χ0n) is 11.3. The molecular formula is C16H18N2O2. The van der Waals surface area contributed by atoms with E-state index in [-0.39, 0.29) is 5.91 Å². The Labute approximate surface area is 117 Å². The summed E-state index contributed by atoms with van der Waals surface area (Å²) in [7, 11) is 0. The zero-order chi connectivity index (χ0) is 13.5. The van der Waals surface area contributed by atoms with Crippen LogP contribution in [-0.4, -0.2) is 36.5 Å². The van der Waals surface area contributed by atoms with E-state index >= 15 is 0 Å². The Morgan fingerprint density at radius 2 is 2.25 bits per heavy atom. The van der Waals surface area contributed by atoms with Gasteiger partial charge in [-0.15, -0.1) is 0 Å². The van der Waals surface area contributed by atoms with Crippen molar-refractivity contribution < 1.29 is 9.21 Å². The van der Waals surface area contributed by atoms with Gasteiger partial charge in [-0.05, 0) is 49.6 Å². The third-order valence-electron chi connectivity index (χ3n) is 4.52. The molecule has 1 aromatic carbocycles. The van der Waals surface area contributed by atoms with Crippen molar-refractivity contribution in [2.45, 2.75) is 18.9 Å². The first-order valence-electron chi connectivity index (χ1n) is 7.28. The Kier molecular flexibility index (Phi) is 2.77. The van der Waals surface area contributed by atoms with Crippen molar-refractivity contribution in [1.29, 1.82) is 0 Å². The third-order valence-corrected chi connectivity index (χ3v) is 4.52. The van der Waals surface area contributed by atoms with Crippen molar-refractivity contribution in [3.8, 4) is 0 Å². The summed E-state index contributed by atoms with van der Waals surface area (Å²) < 4.78 is 5.30. The lowest BCUT2D eigenvalue weighted by Crippen LogP contribution is -2.47. The smallest absolute Gasteiger partial charge is 0.251 e. The third kappa shape index (κ3) is 2.10. The number of nitrogens with one attached hydrogen (secondary N) is 1. The van der Waals surface area contributed by atoms with Crippen LogP contribution in [0, 0.1) is 5.92 Å². The molecule has 4 rings (SSSR count). The molecule has 0 aliphatic carbocycles. The number of amides is 1. The van der Waals surface area contributed by atoms with E-state index < -0.39 is 0 Å².